The number of hydrogen-bond acceptors (Lipinski definition) is 1. The van der Waals surface area contributed by atoms with Crippen molar-refractivity contribution in [2.75, 3.05) is 0 Å². The monoisotopic (exact) mass is 1040 g/mol. The van der Waals surface area contributed by atoms with Gasteiger partial charge >= 0.3 is 0 Å². The van der Waals surface area contributed by atoms with Crippen LogP contribution in [0.4, 0.5) is 5.69 Å². The molecular formula is C77H60N4. The number of hydrogen-bond donors (Lipinski definition) is 0. The fourth-order valence-electron chi connectivity index (χ4n) is 13.0. The summed E-state index contributed by atoms with van der Waals surface area (Å²) in [5.74, 6) is 0. The number of rotatable bonds is 8. The summed E-state index contributed by atoms with van der Waals surface area (Å²) in [5.41, 5.74) is 31.4. The van der Waals surface area contributed by atoms with E-state index in [4.69, 9.17) is 6.57 Å². The van der Waals surface area contributed by atoms with E-state index in [9.17, 15) is 5.26 Å². The molecule has 0 aliphatic rings. The largest absolute Gasteiger partial charge is 0.310 e. The molecule has 0 amide bonds. The second-order valence-corrected chi connectivity index (χ2v) is 22.5. The van der Waals surface area contributed by atoms with Gasteiger partial charge in [-0.05, 0) is 230 Å². The first-order valence-electron chi connectivity index (χ1n) is 27.9. The third-order valence-corrected chi connectivity index (χ3v) is 16.9. The van der Waals surface area contributed by atoms with E-state index in [1.165, 1.54) is 66.8 Å². The Morgan fingerprint density at radius 1 is 0.333 bits per heavy atom. The SMILES string of the molecule is [C-]#[N+]c1cccc(-n2c3ccc(-c4ccc(C)cc4C)cc3c3cc(-c4ccc(C)cc4C)ccc32)c1-c1cc(-c2ccc(C#N)cc2C)ccc1-n1c2ccc(-c3ccc(C)cc3C)cc2c2cc(-c3ccc(C)cc3C)ccc21. The Morgan fingerprint density at radius 2 is 0.679 bits per heavy atom. The van der Waals surface area contributed by atoms with Crippen LogP contribution in [0.3, 0.4) is 0 Å². The molecule has 0 saturated carbocycles. The van der Waals surface area contributed by atoms with Gasteiger partial charge in [0, 0.05) is 32.8 Å². The van der Waals surface area contributed by atoms with Gasteiger partial charge in [0.15, 0.2) is 5.69 Å². The van der Waals surface area contributed by atoms with E-state index in [2.05, 4.69) is 258 Å². The Hall–Kier alpha value is -10.0. The number of nitrogens with zero attached hydrogens (tertiary/aromatic N) is 4. The van der Waals surface area contributed by atoms with Crippen molar-refractivity contribution >= 4 is 49.3 Å². The molecule has 13 aromatic rings. The Bertz CT molecular complexity index is 4670. The van der Waals surface area contributed by atoms with Crippen molar-refractivity contribution in [3.63, 3.8) is 0 Å². The molecule has 11 aromatic carbocycles. The van der Waals surface area contributed by atoms with Crippen molar-refractivity contribution in [1.82, 2.24) is 9.13 Å². The number of benzene rings is 11. The average Bonchev–Trinajstić information content (AvgIpc) is 4.10. The van der Waals surface area contributed by atoms with Crippen LogP contribution in [-0.4, -0.2) is 9.13 Å². The Kier molecular flexibility index (Phi) is 12.3. The van der Waals surface area contributed by atoms with Crippen molar-refractivity contribution in [3.05, 3.63) is 267 Å². The lowest BCUT2D eigenvalue weighted by atomic mass is 9.92. The van der Waals surface area contributed by atoms with E-state index in [-0.39, 0.29) is 0 Å². The van der Waals surface area contributed by atoms with Crippen LogP contribution in [-0.2, 0) is 0 Å². The minimum absolute atomic E-state index is 0.547. The number of fused-ring (bicyclic) bond motifs is 6. The van der Waals surface area contributed by atoms with E-state index < -0.39 is 0 Å². The molecule has 0 N–H and O–H groups in total. The van der Waals surface area contributed by atoms with E-state index in [1.807, 2.05) is 24.3 Å². The maximum absolute atomic E-state index is 9.98. The summed E-state index contributed by atoms with van der Waals surface area (Å²) < 4.78 is 4.82. The van der Waals surface area contributed by atoms with Gasteiger partial charge in [0.2, 0.25) is 0 Å². The van der Waals surface area contributed by atoms with Crippen molar-refractivity contribution in [2.24, 2.45) is 0 Å². The van der Waals surface area contributed by atoms with Gasteiger partial charge in [-0.1, -0.05) is 144 Å². The van der Waals surface area contributed by atoms with Gasteiger partial charge in [0.05, 0.1) is 46.0 Å². The molecule has 0 spiro atoms. The molecule has 0 aliphatic heterocycles. The van der Waals surface area contributed by atoms with Crippen LogP contribution in [0.25, 0.3) is 127 Å². The zero-order valence-electron chi connectivity index (χ0n) is 47.3. The Morgan fingerprint density at radius 3 is 1.04 bits per heavy atom. The fourth-order valence-corrected chi connectivity index (χ4v) is 13.0. The molecule has 0 atom stereocenters. The molecule has 2 aromatic heterocycles. The second kappa shape index (κ2) is 19.7. The lowest BCUT2D eigenvalue weighted by molar-refractivity contribution is 1.16. The molecule has 81 heavy (non-hydrogen) atoms. The van der Waals surface area contributed by atoms with E-state index in [0.29, 0.717) is 11.3 Å². The molecule has 0 aliphatic carbocycles. The molecule has 0 bridgehead atoms. The third-order valence-electron chi connectivity index (χ3n) is 16.9. The van der Waals surface area contributed by atoms with Crippen LogP contribution in [0, 0.1) is 80.2 Å². The second-order valence-electron chi connectivity index (χ2n) is 22.5. The van der Waals surface area contributed by atoms with Crippen LogP contribution >= 0.6 is 0 Å². The molecular weight excluding hydrogens is 981 g/mol. The summed E-state index contributed by atoms with van der Waals surface area (Å²) in [6.45, 7) is 28.5. The van der Waals surface area contributed by atoms with Crippen LogP contribution in [0.15, 0.2) is 200 Å². The van der Waals surface area contributed by atoms with Gasteiger partial charge in [-0.25, -0.2) is 4.85 Å². The quantitative estimate of drug-likeness (QED) is 0.140. The molecule has 0 fully saturated rings. The minimum Gasteiger partial charge on any atom is -0.310 e. The highest BCUT2D eigenvalue weighted by Crippen LogP contribution is 2.48. The van der Waals surface area contributed by atoms with E-state index >= 15 is 0 Å². The van der Waals surface area contributed by atoms with Crippen LogP contribution < -0.4 is 0 Å². The normalized spacial score (nSPS) is 11.5. The summed E-state index contributed by atoms with van der Waals surface area (Å²) in [6.07, 6.45) is 0. The summed E-state index contributed by atoms with van der Waals surface area (Å²) >= 11 is 0. The molecule has 4 nitrogen and oxygen atoms in total. The minimum atomic E-state index is 0.547. The molecule has 0 radical (unpaired) electrons. The first kappa shape index (κ1) is 50.5. The maximum atomic E-state index is 9.98. The van der Waals surface area contributed by atoms with Crippen molar-refractivity contribution in [2.45, 2.75) is 62.3 Å². The molecule has 4 heteroatoms. The average molecular weight is 1040 g/mol. The molecule has 388 valence electrons. The highest BCUT2D eigenvalue weighted by atomic mass is 15.0. The summed E-state index contributed by atoms with van der Waals surface area (Å²) in [6, 6.07) is 75.8. The van der Waals surface area contributed by atoms with Crippen LogP contribution in [0.2, 0.25) is 0 Å². The first-order chi connectivity index (χ1) is 39.2. The molecule has 0 unspecified atom stereocenters. The Balaban J connectivity index is 1.13. The smallest absolute Gasteiger partial charge is 0.197 e. The Labute approximate surface area is 474 Å². The fraction of sp³-hybridized carbons (Fsp3) is 0.117. The molecule has 13 rings (SSSR count). The zero-order valence-corrected chi connectivity index (χ0v) is 47.3. The summed E-state index contributed by atoms with van der Waals surface area (Å²) in [4.78, 5) is 4.42. The van der Waals surface area contributed by atoms with Crippen LogP contribution in [0.1, 0.15) is 55.6 Å². The number of nitriles is 1. The van der Waals surface area contributed by atoms with Gasteiger partial charge < -0.3 is 9.13 Å². The topological polar surface area (TPSA) is 38.0 Å². The standard InChI is InChI=1S/C77H60N4/c1-45-14-24-60(49(5)34-45)55-19-29-71-65(39-55)66-40-56(61-25-15-46(2)35-50(61)6)20-30-72(66)80(71)75-33-23-59(64-28-18-54(44-78)38-53(64)9)43-69(75)77-70(79-10)12-11-13-76(77)81-73-31-21-57(62-26-16-47(3)36-51(62)7)41-67(73)68-42-58(22-32-74(68)81)63-27-17-48(4)37-52(63)8/h11-43H,1-9H3. The predicted octanol–water partition coefficient (Wildman–Crippen LogP) is 21.1. The predicted molar refractivity (Wildman–Crippen MR) is 341 cm³/mol. The van der Waals surface area contributed by atoms with Gasteiger partial charge in [-0.2, -0.15) is 5.26 Å². The van der Waals surface area contributed by atoms with Crippen LogP contribution in [0.5, 0.6) is 0 Å². The van der Waals surface area contributed by atoms with E-state index in [1.54, 1.807) is 0 Å². The summed E-state index contributed by atoms with van der Waals surface area (Å²) in [5, 5.41) is 14.5. The molecule has 2 heterocycles. The maximum Gasteiger partial charge on any atom is 0.197 e. The molecule has 0 saturated heterocycles. The number of aromatic nitrogens is 2. The van der Waals surface area contributed by atoms with Crippen molar-refractivity contribution < 1.29 is 0 Å². The van der Waals surface area contributed by atoms with Gasteiger partial charge in [-0.3, -0.25) is 0 Å². The lowest BCUT2D eigenvalue weighted by Crippen LogP contribution is -2.02. The van der Waals surface area contributed by atoms with E-state index in [0.717, 1.165) is 105 Å². The summed E-state index contributed by atoms with van der Waals surface area (Å²) in [7, 11) is 0. The lowest BCUT2D eigenvalue weighted by Gasteiger charge is -2.21. The third kappa shape index (κ3) is 8.60. The van der Waals surface area contributed by atoms with Crippen molar-refractivity contribution in [1.29, 1.82) is 5.26 Å². The highest BCUT2D eigenvalue weighted by Gasteiger charge is 2.25. The van der Waals surface area contributed by atoms with Gasteiger partial charge in [0.25, 0.3) is 0 Å². The van der Waals surface area contributed by atoms with Crippen molar-refractivity contribution in [3.8, 4) is 84.2 Å². The highest BCUT2D eigenvalue weighted by molar-refractivity contribution is 6.15. The van der Waals surface area contributed by atoms with Gasteiger partial charge in [-0.15, -0.1) is 0 Å². The first-order valence-corrected chi connectivity index (χ1v) is 27.9. The number of aryl methyl sites for hydroxylation is 9. The zero-order chi connectivity index (χ0) is 56.0. The van der Waals surface area contributed by atoms with Gasteiger partial charge in [0.1, 0.15) is 0 Å².